The summed E-state index contributed by atoms with van der Waals surface area (Å²) in [6.07, 6.45) is 1.48. The van der Waals surface area contributed by atoms with Gasteiger partial charge in [-0.05, 0) is 74.1 Å². The van der Waals surface area contributed by atoms with Crippen LogP contribution in [0.4, 0.5) is 8.78 Å². The van der Waals surface area contributed by atoms with E-state index in [2.05, 4.69) is 0 Å². The van der Waals surface area contributed by atoms with E-state index in [1.54, 1.807) is 0 Å². The zero-order chi connectivity index (χ0) is 22.2. The largest absolute Gasteiger partial charge is 0.270 e. The molecule has 0 saturated heterocycles. The third kappa shape index (κ3) is 4.69. The highest BCUT2D eigenvalue weighted by atomic mass is 35.5. The van der Waals surface area contributed by atoms with Crippen molar-refractivity contribution in [1.82, 2.24) is 0 Å². The molecule has 1 fully saturated rings. The average Bonchev–Trinajstić information content (AvgIpc) is 2.68. The van der Waals surface area contributed by atoms with Gasteiger partial charge in [0, 0.05) is 10.6 Å². The maximum absolute atomic E-state index is 14.8. The predicted molar refractivity (Wildman–Crippen MR) is 109 cm³/mol. The minimum Gasteiger partial charge on any atom is -0.270 e. The Morgan fingerprint density at radius 1 is 1.03 bits per heavy atom. The third-order valence-electron chi connectivity index (χ3n) is 5.49. The van der Waals surface area contributed by atoms with Gasteiger partial charge in [-0.25, -0.2) is 17.2 Å². The minimum atomic E-state index is -4.12. The summed E-state index contributed by atoms with van der Waals surface area (Å²) in [5.41, 5.74) is -0.222. The number of rotatable bonds is 6. The Bertz CT molecular complexity index is 1120. The van der Waals surface area contributed by atoms with Crippen LogP contribution >= 0.6 is 11.6 Å². The molecular weight excluding hydrogens is 458 g/mol. The molecule has 2 aromatic carbocycles. The van der Waals surface area contributed by atoms with E-state index in [1.165, 1.54) is 24.3 Å². The van der Waals surface area contributed by atoms with Crippen molar-refractivity contribution >= 4 is 31.6 Å². The van der Waals surface area contributed by atoms with Crippen LogP contribution in [0.3, 0.4) is 0 Å². The highest BCUT2D eigenvalue weighted by molar-refractivity contribution is 7.92. The smallest absolute Gasteiger partial charge is 0.264 e. The lowest BCUT2D eigenvalue weighted by atomic mass is 9.78. The summed E-state index contributed by atoms with van der Waals surface area (Å²) in [5, 5.41) is 0.349. The number of sulfone groups is 1. The van der Waals surface area contributed by atoms with E-state index in [-0.39, 0.29) is 48.7 Å². The van der Waals surface area contributed by atoms with Gasteiger partial charge < -0.3 is 0 Å². The molecule has 0 amide bonds. The predicted octanol–water partition coefficient (Wildman–Crippen LogP) is 4.45. The normalized spacial score (nSPS) is 22.7. The summed E-state index contributed by atoms with van der Waals surface area (Å²) >= 11 is 5.87. The van der Waals surface area contributed by atoms with Gasteiger partial charge >= 0.3 is 0 Å². The first-order valence-corrected chi connectivity index (χ1v) is 12.9. The fraction of sp³-hybridized carbons (Fsp3) is 0.400. The first-order valence-electron chi connectivity index (χ1n) is 9.25. The number of hydrogen-bond acceptors (Lipinski definition) is 5. The standard InChI is InChI=1S/C20H21ClF2O5S2/c1-29(24,25)28-13-14-8-10-20(11-9-14,18-12-16(22)4-7-19(18)23)30(26,27)17-5-2-15(21)3-6-17/h2-7,12,14H,8-11,13H2,1H3. The van der Waals surface area contributed by atoms with Crippen LogP contribution in [0, 0.1) is 17.6 Å². The Kier molecular flexibility index (Phi) is 6.57. The SMILES string of the molecule is CS(=O)(=O)OCC1CCC(c2cc(F)ccc2F)(S(=O)(=O)c2ccc(Cl)cc2)CC1. The summed E-state index contributed by atoms with van der Waals surface area (Å²) in [5.74, 6) is -1.76. The van der Waals surface area contributed by atoms with Crippen LogP contribution in [0.15, 0.2) is 47.4 Å². The Labute approximate surface area is 180 Å². The summed E-state index contributed by atoms with van der Waals surface area (Å²) in [7, 11) is -7.76. The molecule has 1 aliphatic rings. The van der Waals surface area contributed by atoms with Gasteiger partial charge in [0.25, 0.3) is 10.1 Å². The molecule has 0 atom stereocenters. The van der Waals surface area contributed by atoms with Crippen molar-refractivity contribution in [3.8, 4) is 0 Å². The third-order valence-corrected chi connectivity index (χ3v) is 8.85. The van der Waals surface area contributed by atoms with Gasteiger partial charge in [-0.3, -0.25) is 4.18 Å². The Morgan fingerprint density at radius 3 is 2.20 bits per heavy atom. The lowest BCUT2D eigenvalue weighted by Gasteiger charge is -2.40. The quantitative estimate of drug-likeness (QED) is 0.573. The van der Waals surface area contributed by atoms with Crippen LogP contribution in [0.2, 0.25) is 5.02 Å². The molecule has 0 N–H and O–H groups in total. The monoisotopic (exact) mass is 478 g/mol. The van der Waals surface area contributed by atoms with Crippen LogP contribution in [0.25, 0.3) is 0 Å². The molecule has 0 heterocycles. The van der Waals surface area contributed by atoms with E-state index in [9.17, 15) is 25.6 Å². The van der Waals surface area contributed by atoms with Gasteiger partial charge in [0.15, 0.2) is 9.84 Å². The molecule has 0 aliphatic heterocycles. The van der Waals surface area contributed by atoms with Gasteiger partial charge in [-0.2, -0.15) is 8.42 Å². The zero-order valence-corrected chi connectivity index (χ0v) is 18.5. The van der Waals surface area contributed by atoms with Gasteiger partial charge in [-0.15, -0.1) is 0 Å². The molecule has 10 heteroatoms. The summed E-state index contributed by atoms with van der Waals surface area (Å²) in [4.78, 5) is -0.0404. The lowest BCUT2D eigenvalue weighted by Crippen LogP contribution is -2.41. The second kappa shape index (κ2) is 8.53. The molecule has 0 bridgehead atoms. The molecule has 0 aromatic heterocycles. The van der Waals surface area contributed by atoms with Crippen LogP contribution in [0.5, 0.6) is 0 Å². The highest BCUT2D eigenvalue weighted by Gasteiger charge is 2.50. The second-order valence-electron chi connectivity index (χ2n) is 7.51. The average molecular weight is 479 g/mol. The molecule has 1 aliphatic carbocycles. The number of halogens is 3. The lowest BCUT2D eigenvalue weighted by molar-refractivity contribution is 0.193. The molecular formula is C20H21ClF2O5S2. The van der Waals surface area contributed by atoms with Crippen molar-refractivity contribution < 1.29 is 29.8 Å². The van der Waals surface area contributed by atoms with E-state index >= 15 is 0 Å². The molecule has 0 radical (unpaired) electrons. The molecule has 0 unspecified atom stereocenters. The molecule has 2 aromatic rings. The van der Waals surface area contributed by atoms with Crippen LogP contribution in [-0.2, 0) is 28.9 Å². The maximum atomic E-state index is 14.8. The van der Waals surface area contributed by atoms with E-state index in [0.29, 0.717) is 5.02 Å². The van der Waals surface area contributed by atoms with Crippen LogP contribution in [-0.4, -0.2) is 29.7 Å². The first kappa shape index (κ1) is 23.1. The summed E-state index contributed by atoms with van der Waals surface area (Å²) in [6, 6.07) is 8.32. The molecule has 5 nitrogen and oxygen atoms in total. The topological polar surface area (TPSA) is 77.5 Å². The number of hydrogen-bond donors (Lipinski definition) is 0. The number of benzene rings is 2. The van der Waals surface area contributed by atoms with Gasteiger partial charge in [0.1, 0.15) is 16.4 Å². The zero-order valence-electron chi connectivity index (χ0n) is 16.1. The molecule has 164 valence electrons. The molecule has 0 spiro atoms. The van der Waals surface area contributed by atoms with Gasteiger partial charge in [0.2, 0.25) is 0 Å². The van der Waals surface area contributed by atoms with Crippen molar-refractivity contribution in [1.29, 1.82) is 0 Å². The van der Waals surface area contributed by atoms with Gasteiger partial charge in [0.05, 0.1) is 17.8 Å². The van der Waals surface area contributed by atoms with Crippen LogP contribution in [0.1, 0.15) is 31.2 Å². The molecule has 3 rings (SSSR count). The fourth-order valence-electron chi connectivity index (χ4n) is 3.90. The summed E-state index contributed by atoms with van der Waals surface area (Å²) < 4.78 is 81.7. The highest BCUT2D eigenvalue weighted by Crippen LogP contribution is 2.49. The Hall–Kier alpha value is -1.55. The van der Waals surface area contributed by atoms with Crippen molar-refractivity contribution in [2.24, 2.45) is 5.92 Å². The van der Waals surface area contributed by atoms with Crippen molar-refractivity contribution in [3.63, 3.8) is 0 Å². The van der Waals surface area contributed by atoms with Crippen molar-refractivity contribution in [2.45, 2.75) is 35.3 Å². The van der Waals surface area contributed by atoms with E-state index in [4.69, 9.17) is 15.8 Å². The fourth-order valence-corrected chi connectivity index (χ4v) is 6.63. The summed E-state index contributed by atoms with van der Waals surface area (Å²) in [6.45, 7) is -0.0818. The van der Waals surface area contributed by atoms with Gasteiger partial charge in [-0.1, -0.05) is 11.6 Å². The first-order chi connectivity index (χ1) is 13.9. The minimum absolute atomic E-state index is 0.00385. The molecule has 1 saturated carbocycles. The molecule has 30 heavy (non-hydrogen) atoms. The van der Waals surface area contributed by atoms with Crippen LogP contribution < -0.4 is 0 Å². The second-order valence-corrected chi connectivity index (χ2v) is 11.8. The van der Waals surface area contributed by atoms with Crippen molar-refractivity contribution in [3.05, 3.63) is 64.7 Å². The van der Waals surface area contributed by atoms with E-state index in [0.717, 1.165) is 24.5 Å². The van der Waals surface area contributed by atoms with E-state index < -0.39 is 36.3 Å². The Balaban J connectivity index is 2.03. The van der Waals surface area contributed by atoms with Crippen molar-refractivity contribution in [2.75, 3.05) is 12.9 Å². The maximum Gasteiger partial charge on any atom is 0.264 e. The van der Waals surface area contributed by atoms with E-state index in [1.807, 2.05) is 0 Å². The Morgan fingerprint density at radius 2 is 1.63 bits per heavy atom.